The number of hydrogen-bond donors (Lipinski definition) is 1. The van der Waals surface area contributed by atoms with E-state index in [-0.39, 0.29) is 5.75 Å². The van der Waals surface area contributed by atoms with E-state index in [0.717, 1.165) is 12.5 Å². The third-order valence-electron chi connectivity index (χ3n) is 5.15. The van der Waals surface area contributed by atoms with Crippen LogP contribution in [0.5, 0.6) is 0 Å². The molecule has 0 radical (unpaired) electrons. The summed E-state index contributed by atoms with van der Waals surface area (Å²) in [5.41, 5.74) is 1.30. The van der Waals surface area contributed by atoms with Crippen molar-refractivity contribution in [3.8, 4) is 0 Å². The summed E-state index contributed by atoms with van der Waals surface area (Å²) in [5, 5.41) is 3.34. The minimum absolute atomic E-state index is 0.177. The minimum atomic E-state index is -3.05. The zero-order valence-corrected chi connectivity index (χ0v) is 17.5. The van der Waals surface area contributed by atoms with Crippen molar-refractivity contribution < 1.29 is 8.42 Å². The van der Waals surface area contributed by atoms with Crippen LogP contribution in [0.2, 0.25) is 0 Å². The number of nitrogens with one attached hydrogen (secondary N) is 1. The summed E-state index contributed by atoms with van der Waals surface area (Å²) in [6.45, 7) is 12.5. The first-order chi connectivity index (χ1) is 12.2. The quantitative estimate of drug-likeness (QED) is 0.631. The highest BCUT2D eigenvalue weighted by molar-refractivity contribution is 7.92. The third-order valence-corrected chi connectivity index (χ3v) is 7.68. The lowest BCUT2D eigenvalue weighted by Crippen LogP contribution is -2.57. The first-order valence-electron chi connectivity index (χ1n) is 9.48. The molecule has 1 fully saturated rings. The molecule has 1 saturated heterocycles. The predicted molar refractivity (Wildman–Crippen MR) is 109 cm³/mol. The van der Waals surface area contributed by atoms with Crippen molar-refractivity contribution in [2.24, 2.45) is 10.9 Å². The fourth-order valence-electron chi connectivity index (χ4n) is 3.34. The number of sulfone groups is 1. The Kier molecular flexibility index (Phi) is 6.72. The molecule has 0 aromatic heterocycles. The van der Waals surface area contributed by atoms with Gasteiger partial charge in [-0.2, -0.15) is 0 Å². The smallest absolute Gasteiger partial charge is 0.194 e. The summed E-state index contributed by atoms with van der Waals surface area (Å²) in [7, 11) is -3.05. The number of nitrogens with zero attached hydrogens (tertiary/aromatic N) is 2. The molecule has 1 heterocycles. The second kappa shape index (κ2) is 8.42. The maximum atomic E-state index is 12.3. The average Bonchev–Trinajstić information content (AvgIpc) is 2.57. The van der Waals surface area contributed by atoms with Gasteiger partial charge in [-0.1, -0.05) is 44.2 Å². The molecule has 1 N–H and O–H groups in total. The Hall–Kier alpha value is -1.56. The highest BCUT2D eigenvalue weighted by atomic mass is 32.2. The van der Waals surface area contributed by atoms with Crippen molar-refractivity contribution in [1.29, 1.82) is 0 Å². The molecule has 146 valence electrons. The molecule has 1 atom stereocenters. The molecule has 2 rings (SSSR count). The van der Waals surface area contributed by atoms with Crippen molar-refractivity contribution in [3.05, 3.63) is 35.9 Å². The molecule has 1 aromatic rings. The highest BCUT2D eigenvalue weighted by Crippen LogP contribution is 2.26. The molecule has 1 unspecified atom stereocenters. The van der Waals surface area contributed by atoms with Gasteiger partial charge in [0.05, 0.1) is 10.5 Å². The Labute approximate surface area is 158 Å². The number of hydrogen-bond acceptors (Lipinski definition) is 3. The van der Waals surface area contributed by atoms with Crippen LogP contribution in [0.25, 0.3) is 0 Å². The summed E-state index contributed by atoms with van der Waals surface area (Å²) < 4.78 is 23.8. The Bertz CT molecular complexity index is 712. The largest absolute Gasteiger partial charge is 0.357 e. The van der Waals surface area contributed by atoms with Crippen LogP contribution in [0.1, 0.15) is 46.1 Å². The van der Waals surface area contributed by atoms with E-state index in [2.05, 4.69) is 48.3 Å². The van der Waals surface area contributed by atoms with E-state index in [9.17, 15) is 8.42 Å². The predicted octanol–water partition coefficient (Wildman–Crippen LogP) is 2.90. The van der Waals surface area contributed by atoms with Gasteiger partial charge in [-0.3, -0.25) is 4.99 Å². The summed E-state index contributed by atoms with van der Waals surface area (Å²) >= 11 is 0. The lowest BCUT2D eigenvalue weighted by atomic mass is 9.88. The van der Waals surface area contributed by atoms with Crippen LogP contribution in [-0.4, -0.2) is 56.0 Å². The number of guanidine groups is 1. The average molecular weight is 380 g/mol. The maximum Gasteiger partial charge on any atom is 0.194 e. The lowest BCUT2D eigenvalue weighted by Gasteiger charge is -2.39. The van der Waals surface area contributed by atoms with Crippen molar-refractivity contribution in [2.45, 2.75) is 45.3 Å². The molecule has 0 bridgehead atoms. The van der Waals surface area contributed by atoms with Gasteiger partial charge in [0.25, 0.3) is 0 Å². The molecule has 0 saturated carbocycles. The standard InChI is InChI=1S/C20H33N3O2S/c1-6-21-19(23-12-13-26(24,25)20(4,5)15-23)22-14-18(16(2)3)17-10-8-7-9-11-17/h7-11,16,18H,6,12-15H2,1-5H3,(H,21,22). The molecule has 6 heteroatoms. The Morgan fingerprint density at radius 3 is 2.46 bits per heavy atom. The maximum absolute atomic E-state index is 12.3. The Morgan fingerprint density at radius 1 is 1.27 bits per heavy atom. The van der Waals surface area contributed by atoms with Crippen molar-refractivity contribution in [1.82, 2.24) is 10.2 Å². The van der Waals surface area contributed by atoms with E-state index in [0.29, 0.717) is 31.5 Å². The molecular formula is C20H33N3O2S. The van der Waals surface area contributed by atoms with Crippen LogP contribution in [0.15, 0.2) is 35.3 Å². The minimum Gasteiger partial charge on any atom is -0.357 e. The van der Waals surface area contributed by atoms with E-state index >= 15 is 0 Å². The number of aliphatic imine (C=N–C) groups is 1. The van der Waals surface area contributed by atoms with E-state index < -0.39 is 14.6 Å². The van der Waals surface area contributed by atoms with Gasteiger partial charge in [-0.25, -0.2) is 8.42 Å². The first kappa shape index (κ1) is 20.7. The zero-order chi connectivity index (χ0) is 19.4. The summed E-state index contributed by atoms with van der Waals surface area (Å²) in [6, 6.07) is 10.5. The van der Waals surface area contributed by atoms with Crippen LogP contribution in [0.3, 0.4) is 0 Å². The van der Waals surface area contributed by atoms with E-state index in [1.165, 1.54) is 5.56 Å². The number of rotatable bonds is 5. The second-order valence-electron chi connectivity index (χ2n) is 7.96. The summed E-state index contributed by atoms with van der Waals surface area (Å²) in [5.74, 6) is 1.81. The zero-order valence-electron chi connectivity index (χ0n) is 16.7. The molecule has 0 spiro atoms. The molecule has 26 heavy (non-hydrogen) atoms. The van der Waals surface area contributed by atoms with Gasteiger partial charge in [0.15, 0.2) is 15.8 Å². The van der Waals surface area contributed by atoms with Crippen molar-refractivity contribution in [2.75, 3.05) is 31.9 Å². The van der Waals surface area contributed by atoms with Gasteiger partial charge in [0.1, 0.15) is 0 Å². The fourth-order valence-corrected chi connectivity index (χ4v) is 4.70. The summed E-state index contributed by atoms with van der Waals surface area (Å²) in [6.07, 6.45) is 0. The Morgan fingerprint density at radius 2 is 1.92 bits per heavy atom. The second-order valence-corrected chi connectivity index (χ2v) is 10.7. The van der Waals surface area contributed by atoms with Gasteiger partial charge in [0.2, 0.25) is 0 Å². The molecule has 1 aromatic carbocycles. The normalized spacial score (nSPS) is 20.8. The van der Waals surface area contributed by atoms with E-state index in [4.69, 9.17) is 4.99 Å². The van der Waals surface area contributed by atoms with Crippen LogP contribution < -0.4 is 5.32 Å². The van der Waals surface area contributed by atoms with Crippen LogP contribution in [0, 0.1) is 5.92 Å². The molecule has 1 aliphatic rings. The van der Waals surface area contributed by atoms with E-state index in [1.807, 2.05) is 13.0 Å². The molecule has 1 aliphatic heterocycles. The molecule has 0 aliphatic carbocycles. The van der Waals surface area contributed by atoms with Crippen molar-refractivity contribution in [3.63, 3.8) is 0 Å². The van der Waals surface area contributed by atoms with Gasteiger partial charge in [0, 0.05) is 32.1 Å². The Balaban J connectivity index is 2.20. The topological polar surface area (TPSA) is 61.8 Å². The van der Waals surface area contributed by atoms with Gasteiger partial charge >= 0.3 is 0 Å². The third kappa shape index (κ3) is 4.78. The molecule has 5 nitrogen and oxygen atoms in total. The van der Waals surface area contributed by atoms with Gasteiger partial charge < -0.3 is 10.2 Å². The summed E-state index contributed by atoms with van der Waals surface area (Å²) in [4.78, 5) is 6.98. The number of benzene rings is 1. The monoisotopic (exact) mass is 379 g/mol. The van der Waals surface area contributed by atoms with Crippen molar-refractivity contribution >= 4 is 15.8 Å². The van der Waals surface area contributed by atoms with Crippen LogP contribution in [-0.2, 0) is 9.84 Å². The lowest BCUT2D eigenvalue weighted by molar-refractivity contribution is 0.352. The van der Waals surface area contributed by atoms with Crippen LogP contribution in [0.4, 0.5) is 0 Å². The van der Waals surface area contributed by atoms with Gasteiger partial charge in [-0.15, -0.1) is 0 Å². The van der Waals surface area contributed by atoms with E-state index in [1.54, 1.807) is 13.8 Å². The molecular weight excluding hydrogens is 346 g/mol. The molecule has 0 amide bonds. The fraction of sp³-hybridized carbons (Fsp3) is 0.650. The first-order valence-corrected chi connectivity index (χ1v) is 11.1. The van der Waals surface area contributed by atoms with Gasteiger partial charge in [-0.05, 0) is 32.3 Å². The SMILES string of the molecule is CCNC(=NCC(c1ccccc1)C(C)C)N1CCS(=O)(=O)C(C)(C)C1. The highest BCUT2D eigenvalue weighted by Gasteiger charge is 2.41. The van der Waals surface area contributed by atoms with Crippen LogP contribution >= 0.6 is 0 Å².